The monoisotopic (exact) mass is 280 g/mol. The van der Waals surface area contributed by atoms with E-state index in [4.69, 9.17) is 43.8 Å². The minimum absolute atomic E-state index is 0.0704. The van der Waals surface area contributed by atoms with Crippen LogP contribution in [0.5, 0.6) is 0 Å². The molecule has 0 spiro atoms. The second-order valence-electron chi connectivity index (χ2n) is 3.46. The Morgan fingerprint density at radius 2 is 1.65 bits per heavy atom. The van der Waals surface area contributed by atoms with Gasteiger partial charge in [-0.1, -0.05) is 4.32 Å². The van der Waals surface area contributed by atoms with Crippen molar-refractivity contribution in [2.45, 2.75) is 6.10 Å². The maximum Gasteiger partial charge on any atom is 0.0980 e. The van der Waals surface area contributed by atoms with E-state index in [9.17, 15) is 0 Å². The van der Waals surface area contributed by atoms with Crippen molar-refractivity contribution in [1.82, 2.24) is 5.32 Å². The molecule has 1 heterocycles. The normalized spacial score (nSPS) is 24.4. The molecule has 1 rings (SSSR count). The number of hydrogen-bond acceptors (Lipinski definition) is 6. The molecule has 0 aromatic heterocycles. The van der Waals surface area contributed by atoms with Crippen LogP contribution in [0.25, 0.3) is 0 Å². The Balaban J connectivity index is 2.24. The van der Waals surface area contributed by atoms with E-state index in [1.807, 2.05) is 0 Å². The Kier molecular flexibility index (Phi) is 8.76. The average Bonchev–Trinajstić information content (AvgIpc) is 2.28. The summed E-state index contributed by atoms with van der Waals surface area (Å²) in [4.78, 5) is 0. The number of thiocarbonyl (C=S) groups is 1. The van der Waals surface area contributed by atoms with Crippen LogP contribution in [0.4, 0.5) is 0 Å². The Labute approximate surface area is 113 Å². The molecule has 17 heavy (non-hydrogen) atoms. The highest BCUT2D eigenvalue weighted by atomic mass is 32.1. The van der Waals surface area contributed by atoms with Crippen molar-refractivity contribution in [2.75, 3.05) is 52.8 Å². The van der Waals surface area contributed by atoms with Crippen LogP contribution in [-0.4, -0.2) is 63.2 Å². The fraction of sp³-hybridized carbons (Fsp3) is 0.900. The van der Waals surface area contributed by atoms with Crippen LogP contribution in [-0.2, 0) is 31.6 Å². The van der Waals surface area contributed by atoms with Gasteiger partial charge in [-0.15, -0.1) is 0 Å². The minimum Gasteiger partial charge on any atom is -0.412 e. The fourth-order valence-corrected chi connectivity index (χ4v) is 1.46. The van der Waals surface area contributed by atoms with Crippen LogP contribution in [0.15, 0.2) is 0 Å². The van der Waals surface area contributed by atoms with E-state index in [0.717, 1.165) is 0 Å². The molecule has 1 N–H and O–H groups in total. The summed E-state index contributed by atoms with van der Waals surface area (Å²) in [5.74, 6) is 0. The predicted molar refractivity (Wildman–Crippen MR) is 70.2 cm³/mol. The fourth-order valence-electron chi connectivity index (χ4n) is 1.29. The van der Waals surface area contributed by atoms with Crippen molar-refractivity contribution >= 4 is 29.2 Å². The molecule has 1 atom stereocenters. The minimum atomic E-state index is -0.0704. The highest BCUT2D eigenvalue weighted by molar-refractivity contribution is 8.00. The summed E-state index contributed by atoms with van der Waals surface area (Å²) in [5, 5.41) is 2.90. The third kappa shape index (κ3) is 8.64. The van der Waals surface area contributed by atoms with E-state index < -0.39 is 0 Å². The van der Waals surface area contributed by atoms with Crippen LogP contribution in [0, 0.1) is 0 Å². The summed E-state index contributed by atoms with van der Waals surface area (Å²) in [6, 6.07) is 0. The van der Waals surface area contributed by atoms with Crippen molar-refractivity contribution in [1.29, 1.82) is 0 Å². The molecule has 7 heteroatoms. The van der Waals surface area contributed by atoms with E-state index in [-0.39, 0.29) is 6.10 Å². The highest BCUT2D eigenvalue weighted by Crippen LogP contribution is 1.95. The Bertz CT molecular complexity index is 206. The quantitative estimate of drug-likeness (QED) is 0.558. The lowest BCUT2D eigenvalue weighted by molar-refractivity contribution is -0.0644. The van der Waals surface area contributed by atoms with Crippen molar-refractivity contribution in [3.63, 3.8) is 0 Å². The average molecular weight is 280 g/mol. The maximum atomic E-state index is 5.61. The SMILES string of the molecule is S=C([S-])NCC1COCCOCCOCCO1. The summed E-state index contributed by atoms with van der Waals surface area (Å²) in [6.07, 6.45) is -0.0704. The smallest absolute Gasteiger partial charge is 0.0980 e. The predicted octanol–water partition coefficient (Wildman–Crippen LogP) is -0.144. The van der Waals surface area contributed by atoms with E-state index in [1.165, 1.54) is 0 Å². The zero-order valence-electron chi connectivity index (χ0n) is 9.68. The summed E-state index contributed by atoms with van der Waals surface area (Å²) in [7, 11) is 0. The van der Waals surface area contributed by atoms with Gasteiger partial charge in [0.05, 0.1) is 52.4 Å². The van der Waals surface area contributed by atoms with Crippen LogP contribution in [0.2, 0.25) is 0 Å². The molecule has 0 aromatic carbocycles. The largest absolute Gasteiger partial charge is 0.412 e. The molecule has 100 valence electrons. The Morgan fingerprint density at radius 3 is 2.29 bits per heavy atom. The van der Waals surface area contributed by atoms with Gasteiger partial charge in [-0.3, -0.25) is 0 Å². The van der Waals surface area contributed by atoms with Crippen LogP contribution in [0.3, 0.4) is 0 Å². The van der Waals surface area contributed by atoms with E-state index >= 15 is 0 Å². The molecule has 1 unspecified atom stereocenters. The maximum absolute atomic E-state index is 5.61. The van der Waals surface area contributed by atoms with Gasteiger partial charge < -0.3 is 49.1 Å². The standard InChI is InChI=1S/C10H19NO4S2/c16-10(17)11-7-9-8-14-4-3-12-1-2-13-5-6-15-9/h9H,1-8H2,(H2,11,16,17)/p-1. The van der Waals surface area contributed by atoms with Gasteiger partial charge in [0.1, 0.15) is 0 Å². The number of hydrogen-bond donors (Lipinski definition) is 1. The van der Waals surface area contributed by atoms with Gasteiger partial charge in [0, 0.05) is 6.54 Å². The number of rotatable bonds is 2. The molecule has 1 fully saturated rings. The third-order valence-electron chi connectivity index (χ3n) is 2.10. The lowest BCUT2D eigenvalue weighted by Crippen LogP contribution is -2.36. The molecular formula is C10H18NO4S2-. The van der Waals surface area contributed by atoms with Crippen LogP contribution in [0.1, 0.15) is 0 Å². The first-order chi connectivity index (χ1) is 8.29. The van der Waals surface area contributed by atoms with Gasteiger partial charge in [0.25, 0.3) is 0 Å². The first kappa shape index (κ1) is 15.0. The summed E-state index contributed by atoms with van der Waals surface area (Å²) >= 11 is 9.55. The summed E-state index contributed by atoms with van der Waals surface area (Å²) in [6.45, 7) is 4.44. The van der Waals surface area contributed by atoms with Gasteiger partial charge >= 0.3 is 0 Å². The molecule has 1 aliphatic heterocycles. The van der Waals surface area contributed by atoms with Crippen LogP contribution >= 0.6 is 12.2 Å². The zero-order valence-corrected chi connectivity index (χ0v) is 11.3. The van der Waals surface area contributed by atoms with Crippen molar-refractivity contribution < 1.29 is 18.9 Å². The van der Waals surface area contributed by atoms with Gasteiger partial charge in [-0.2, -0.15) is 0 Å². The second-order valence-corrected chi connectivity index (χ2v) is 4.54. The Morgan fingerprint density at radius 1 is 1.06 bits per heavy atom. The number of nitrogens with one attached hydrogen (secondary N) is 1. The number of ether oxygens (including phenoxy) is 4. The molecule has 5 nitrogen and oxygen atoms in total. The van der Waals surface area contributed by atoms with Gasteiger partial charge in [-0.05, 0) is 0 Å². The van der Waals surface area contributed by atoms with Crippen molar-refractivity contribution in [3.8, 4) is 0 Å². The summed E-state index contributed by atoms with van der Waals surface area (Å²) < 4.78 is 22.0. The molecule has 1 saturated heterocycles. The lowest BCUT2D eigenvalue weighted by atomic mass is 10.4. The topological polar surface area (TPSA) is 49.0 Å². The molecule has 0 radical (unpaired) electrons. The summed E-state index contributed by atoms with van der Waals surface area (Å²) in [5.41, 5.74) is 0. The molecular weight excluding hydrogens is 262 g/mol. The highest BCUT2D eigenvalue weighted by Gasteiger charge is 2.09. The Hall–Kier alpha value is -0.0500. The molecule has 0 aliphatic carbocycles. The first-order valence-electron chi connectivity index (χ1n) is 5.58. The molecule has 0 amide bonds. The van der Waals surface area contributed by atoms with Crippen molar-refractivity contribution in [3.05, 3.63) is 0 Å². The van der Waals surface area contributed by atoms with E-state index in [2.05, 4.69) is 5.32 Å². The molecule has 1 aliphatic rings. The first-order valence-corrected chi connectivity index (χ1v) is 6.40. The van der Waals surface area contributed by atoms with Gasteiger partial charge in [-0.25, -0.2) is 0 Å². The second kappa shape index (κ2) is 9.93. The van der Waals surface area contributed by atoms with Gasteiger partial charge in [0.15, 0.2) is 0 Å². The molecule has 0 bridgehead atoms. The molecule has 0 saturated carbocycles. The van der Waals surface area contributed by atoms with E-state index in [0.29, 0.717) is 57.1 Å². The van der Waals surface area contributed by atoms with Crippen LogP contribution < -0.4 is 5.32 Å². The lowest BCUT2D eigenvalue weighted by Gasteiger charge is -2.21. The van der Waals surface area contributed by atoms with Gasteiger partial charge in [0.2, 0.25) is 0 Å². The van der Waals surface area contributed by atoms with Crippen molar-refractivity contribution in [2.24, 2.45) is 0 Å². The van der Waals surface area contributed by atoms with E-state index in [1.54, 1.807) is 0 Å². The molecule has 0 aromatic rings. The third-order valence-corrected chi connectivity index (χ3v) is 2.39. The zero-order chi connectivity index (χ0) is 12.3.